The molecule has 4 nitrogen and oxygen atoms in total. The number of phenolic OH excluding ortho intramolecular Hbond substituents is 3. The average molecular weight is 269 g/mol. The molecule has 0 saturated heterocycles. The number of para-hydroxylation sites is 1. The molecule has 0 spiro atoms. The van der Waals surface area contributed by atoms with Crippen molar-refractivity contribution in [1.29, 1.82) is 0 Å². The molecule has 0 heterocycles. The lowest BCUT2D eigenvalue weighted by atomic mass is 10.3. The molecule has 5 heteroatoms. The Kier molecular flexibility index (Phi) is 7.81. The largest absolute Gasteiger partial charge is 0.508 e. The van der Waals surface area contributed by atoms with Gasteiger partial charge in [-0.1, -0.05) is 29.8 Å². The maximum atomic E-state index is 8.79. The number of halogens is 1. The van der Waals surface area contributed by atoms with Crippen molar-refractivity contribution in [1.82, 2.24) is 0 Å². The highest BCUT2D eigenvalue weighted by Gasteiger charge is 1.89. The number of hydrogen-bond donors (Lipinski definition) is 3. The molecule has 0 atom stereocenters. The number of phenols is 3. The van der Waals surface area contributed by atoms with Gasteiger partial charge >= 0.3 is 0 Å². The van der Waals surface area contributed by atoms with Gasteiger partial charge in [0.25, 0.3) is 0 Å². The highest BCUT2D eigenvalue weighted by molar-refractivity contribution is 6.31. The molecule has 0 aliphatic heterocycles. The quantitative estimate of drug-likeness (QED) is 0.686. The van der Waals surface area contributed by atoms with E-state index in [1.807, 2.05) is 6.79 Å². The minimum atomic E-state index is 0.0880. The Hall–Kier alpha value is -2.20. The summed E-state index contributed by atoms with van der Waals surface area (Å²) in [6, 6.07) is 12.5. The molecule has 0 saturated carbocycles. The maximum Gasteiger partial charge on any atom is 0.134 e. The maximum absolute atomic E-state index is 8.79. The Morgan fingerprint density at radius 1 is 0.833 bits per heavy atom. The fourth-order valence-electron chi connectivity index (χ4n) is 0.945. The van der Waals surface area contributed by atoms with Crippen molar-refractivity contribution < 1.29 is 20.1 Å². The minimum Gasteiger partial charge on any atom is -0.508 e. The van der Waals surface area contributed by atoms with Crippen LogP contribution in [0.1, 0.15) is 0 Å². The molecule has 18 heavy (non-hydrogen) atoms. The van der Waals surface area contributed by atoms with Gasteiger partial charge in [-0.3, -0.25) is 0 Å². The fourth-order valence-corrected chi connectivity index (χ4v) is 1.08. The third-order valence-corrected chi connectivity index (χ3v) is 2.00. The summed E-state index contributed by atoms with van der Waals surface area (Å²) in [6.07, 6.45) is 0. The van der Waals surface area contributed by atoms with E-state index in [0.717, 1.165) is 0 Å². The van der Waals surface area contributed by atoms with E-state index in [4.69, 9.17) is 31.7 Å². The first-order valence-electron chi connectivity index (χ1n) is 4.80. The van der Waals surface area contributed by atoms with Gasteiger partial charge in [0.1, 0.15) is 24.0 Å². The lowest BCUT2D eigenvalue weighted by Gasteiger charge is -1.89. The molecule has 0 aliphatic rings. The van der Waals surface area contributed by atoms with E-state index < -0.39 is 0 Å². The van der Waals surface area contributed by atoms with Crippen LogP contribution in [0.3, 0.4) is 0 Å². The van der Waals surface area contributed by atoms with Gasteiger partial charge < -0.3 is 20.1 Å². The van der Waals surface area contributed by atoms with Crippen molar-refractivity contribution in [3.8, 4) is 17.2 Å². The van der Waals surface area contributed by atoms with E-state index in [1.165, 1.54) is 18.2 Å². The fraction of sp³-hybridized carbons (Fsp3) is 0. The SMILES string of the molecule is C=O.Oc1cccc(O)c1.Oc1ccccc1Cl. The average Bonchev–Trinajstić information content (AvgIpc) is 2.36. The zero-order valence-corrected chi connectivity index (χ0v) is 10.2. The molecule has 0 fully saturated rings. The first-order chi connectivity index (χ1) is 8.59. The van der Waals surface area contributed by atoms with Crippen LogP contribution in [0.25, 0.3) is 0 Å². The molecule has 0 unspecified atom stereocenters. The second-order valence-electron chi connectivity index (χ2n) is 2.97. The van der Waals surface area contributed by atoms with Crippen molar-refractivity contribution >= 4 is 18.4 Å². The predicted molar refractivity (Wildman–Crippen MR) is 70.0 cm³/mol. The Balaban J connectivity index is 0.000000283. The Bertz CT molecular complexity index is 436. The molecule has 0 bridgehead atoms. The molecule has 3 N–H and O–H groups in total. The second kappa shape index (κ2) is 8.90. The summed E-state index contributed by atoms with van der Waals surface area (Å²) in [5, 5.41) is 26.5. The van der Waals surface area contributed by atoms with E-state index in [1.54, 1.807) is 30.3 Å². The van der Waals surface area contributed by atoms with Gasteiger partial charge in [0.2, 0.25) is 0 Å². The van der Waals surface area contributed by atoms with Gasteiger partial charge in [0.15, 0.2) is 0 Å². The number of carbonyl (C=O) groups is 1. The lowest BCUT2D eigenvalue weighted by molar-refractivity contribution is -0.0979. The standard InChI is InChI=1S/C6H5ClO.C6H6O2.CH2O/c7-5-3-1-2-4-6(5)8;7-5-2-1-3-6(8)4-5;1-2/h1-4,8H;1-4,7-8H;1H2. The molecular formula is C13H13ClO4. The zero-order valence-electron chi connectivity index (χ0n) is 9.45. The lowest BCUT2D eigenvalue weighted by Crippen LogP contribution is -1.62. The highest BCUT2D eigenvalue weighted by Crippen LogP contribution is 2.20. The topological polar surface area (TPSA) is 77.8 Å². The Morgan fingerprint density at radius 3 is 1.61 bits per heavy atom. The normalized spacial score (nSPS) is 8.28. The summed E-state index contributed by atoms with van der Waals surface area (Å²) < 4.78 is 0. The summed E-state index contributed by atoms with van der Waals surface area (Å²) >= 11 is 5.46. The monoisotopic (exact) mass is 268 g/mol. The van der Waals surface area contributed by atoms with E-state index in [-0.39, 0.29) is 17.2 Å². The summed E-state index contributed by atoms with van der Waals surface area (Å²) in [5.74, 6) is 0.309. The summed E-state index contributed by atoms with van der Waals surface area (Å²) in [4.78, 5) is 8.00. The van der Waals surface area contributed by atoms with Crippen LogP contribution in [0, 0.1) is 0 Å². The van der Waals surface area contributed by atoms with Crippen LogP contribution < -0.4 is 0 Å². The number of carbonyl (C=O) groups excluding carboxylic acids is 1. The van der Waals surface area contributed by atoms with Gasteiger partial charge in [-0.15, -0.1) is 0 Å². The second-order valence-corrected chi connectivity index (χ2v) is 3.38. The molecule has 0 aromatic heterocycles. The third-order valence-electron chi connectivity index (χ3n) is 1.68. The van der Waals surface area contributed by atoms with Crippen LogP contribution in [0.2, 0.25) is 5.02 Å². The van der Waals surface area contributed by atoms with Gasteiger partial charge in [0.05, 0.1) is 5.02 Å². The molecule has 0 aliphatic carbocycles. The van der Waals surface area contributed by atoms with Crippen molar-refractivity contribution in [3.05, 3.63) is 53.6 Å². The minimum absolute atomic E-state index is 0.0880. The van der Waals surface area contributed by atoms with Crippen molar-refractivity contribution in [2.45, 2.75) is 0 Å². The number of hydrogen-bond acceptors (Lipinski definition) is 4. The molecule has 0 amide bonds. The van der Waals surface area contributed by atoms with Crippen molar-refractivity contribution in [2.75, 3.05) is 0 Å². The van der Waals surface area contributed by atoms with E-state index in [2.05, 4.69) is 0 Å². The molecule has 0 radical (unpaired) electrons. The highest BCUT2D eigenvalue weighted by atomic mass is 35.5. The Morgan fingerprint density at radius 2 is 1.33 bits per heavy atom. The van der Waals surface area contributed by atoms with Gasteiger partial charge in [-0.25, -0.2) is 0 Å². The van der Waals surface area contributed by atoms with Crippen LogP contribution in [0.5, 0.6) is 17.2 Å². The molecule has 2 rings (SSSR count). The third kappa shape index (κ3) is 6.40. The van der Waals surface area contributed by atoms with E-state index in [9.17, 15) is 0 Å². The summed E-state index contributed by atoms with van der Waals surface area (Å²) in [5.41, 5.74) is 0. The van der Waals surface area contributed by atoms with Gasteiger partial charge in [-0.2, -0.15) is 0 Å². The number of benzene rings is 2. The van der Waals surface area contributed by atoms with E-state index >= 15 is 0 Å². The first-order valence-corrected chi connectivity index (χ1v) is 5.18. The number of aromatic hydroxyl groups is 3. The molecule has 2 aromatic rings. The summed E-state index contributed by atoms with van der Waals surface area (Å²) in [7, 11) is 0. The Labute approximate surface area is 110 Å². The zero-order chi connectivity index (χ0) is 14.0. The molecule has 2 aromatic carbocycles. The smallest absolute Gasteiger partial charge is 0.134 e. The van der Waals surface area contributed by atoms with Crippen molar-refractivity contribution in [3.63, 3.8) is 0 Å². The first kappa shape index (κ1) is 15.8. The number of rotatable bonds is 0. The van der Waals surface area contributed by atoms with Crippen LogP contribution in [0.15, 0.2) is 48.5 Å². The molecular weight excluding hydrogens is 256 g/mol. The van der Waals surface area contributed by atoms with Gasteiger partial charge in [-0.05, 0) is 24.3 Å². The van der Waals surface area contributed by atoms with Crippen LogP contribution in [-0.2, 0) is 4.79 Å². The van der Waals surface area contributed by atoms with Crippen LogP contribution >= 0.6 is 11.6 Å². The van der Waals surface area contributed by atoms with Crippen LogP contribution in [-0.4, -0.2) is 22.1 Å². The predicted octanol–water partition coefficient (Wildman–Crippen LogP) is 2.96. The summed E-state index contributed by atoms with van der Waals surface area (Å²) in [6.45, 7) is 2.00. The van der Waals surface area contributed by atoms with Gasteiger partial charge in [0, 0.05) is 6.07 Å². The molecule has 96 valence electrons. The van der Waals surface area contributed by atoms with Crippen molar-refractivity contribution in [2.24, 2.45) is 0 Å². The van der Waals surface area contributed by atoms with E-state index in [0.29, 0.717) is 5.02 Å². The van der Waals surface area contributed by atoms with Crippen LogP contribution in [0.4, 0.5) is 0 Å².